The molecule has 0 saturated heterocycles. The highest BCUT2D eigenvalue weighted by Crippen LogP contribution is 2.18. The van der Waals surface area contributed by atoms with Gasteiger partial charge in [0.05, 0.1) is 6.42 Å². The van der Waals surface area contributed by atoms with E-state index >= 15 is 0 Å². The Kier molecular flexibility index (Phi) is 11.3. The van der Waals surface area contributed by atoms with Gasteiger partial charge in [0.15, 0.2) is 5.96 Å². The van der Waals surface area contributed by atoms with Crippen LogP contribution < -0.4 is 16.0 Å². The summed E-state index contributed by atoms with van der Waals surface area (Å²) in [6, 6.07) is 7.27. The van der Waals surface area contributed by atoms with Crippen LogP contribution in [0.25, 0.3) is 0 Å². The highest BCUT2D eigenvalue weighted by Gasteiger charge is 2.26. The van der Waals surface area contributed by atoms with Crippen molar-refractivity contribution in [3.8, 4) is 0 Å². The van der Waals surface area contributed by atoms with E-state index in [0.29, 0.717) is 24.6 Å². The molecule has 0 unspecified atom stereocenters. The molecule has 1 amide bonds. The van der Waals surface area contributed by atoms with Crippen LogP contribution in [0.3, 0.4) is 0 Å². The van der Waals surface area contributed by atoms with Gasteiger partial charge < -0.3 is 16.0 Å². The summed E-state index contributed by atoms with van der Waals surface area (Å²) >= 11 is 0. The van der Waals surface area contributed by atoms with E-state index in [0.717, 1.165) is 5.56 Å². The van der Waals surface area contributed by atoms with Crippen molar-refractivity contribution in [2.24, 2.45) is 10.9 Å². The first-order chi connectivity index (χ1) is 11.7. The van der Waals surface area contributed by atoms with Crippen LogP contribution in [-0.4, -0.2) is 31.6 Å². The molecule has 0 bridgehead atoms. The molecule has 0 aliphatic heterocycles. The van der Waals surface area contributed by atoms with Crippen molar-refractivity contribution in [1.82, 2.24) is 10.6 Å². The zero-order chi connectivity index (χ0) is 18.9. The number of hydrogen-bond acceptors (Lipinski definition) is 2. The van der Waals surface area contributed by atoms with Crippen molar-refractivity contribution < 1.29 is 18.0 Å². The summed E-state index contributed by atoms with van der Waals surface area (Å²) in [5.41, 5.74) is 1.56. The van der Waals surface area contributed by atoms with Gasteiger partial charge in [0.25, 0.3) is 0 Å². The van der Waals surface area contributed by atoms with Gasteiger partial charge in [-0.3, -0.25) is 9.79 Å². The lowest BCUT2D eigenvalue weighted by atomic mass is 10.1. The molecule has 0 spiro atoms. The van der Waals surface area contributed by atoms with Crippen molar-refractivity contribution >= 4 is 41.5 Å². The SMILES string of the molecule is CN=C(NCCC(F)(F)F)NCc1cccc(NC(=O)CC(C)C)c1.I. The maximum absolute atomic E-state index is 12.2. The highest BCUT2D eigenvalue weighted by molar-refractivity contribution is 14.0. The number of hydrogen-bond donors (Lipinski definition) is 3. The zero-order valence-electron chi connectivity index (χ0n) is 15.1. The number of alkyl halides is 3. The molecule has 26 heavy (non-hydrogen) atoms. The first-order valence-corrected chi connectivity index (χ1v) is 8.09. The van der Waals surface area contributed by atoms with Crippen molar-refractivity contribution in [2.75, 3.05) is 18.9 Å². The third kappa shape index (κ3) is 11.2. The number of carbonyl (C=O) groups excluding carboxylic acids is 1. The molecular formula is C17H26F3IN4O. The van der Waals surface area contributed by atoms with Gasteiger partial charge in [-0.15, -0.1) is 24.0 Å². The van der Waals surface area contributed by atoms with E-state index in [-0.39, 0.29) is 42.3 Å². The molecule has 0 aromatic heterocycles. The number of rotatable bonds is 7. The van der Waals surface area contributed by atoms with Crippen LogP contribution in [-0.2, 0) is 11.3 Å². The van der Waals surface area contributed by atoms with Gasteiger partial charge in [0, 0.05) is 32.2 Å². The van der Waals surface area contributed by atoms with Crippen molar-refractivity contribution in [3.63, 3.8) is 0 Å². The van der Waals surface area contributed by atoms with Crippen LogP contribution in [0.15, 0.2) is 29.3 Å². The van der Waals surface area contributed by atoms with Gasteiger partial charge in [-0.1, -0.05) is 26.0 Å². The second-order valence-electron chi connectivity index (χ2n) is 6.06. The Morgan fingerprint density at radius 2 is 1.92 bits per heavy atom. The molecule has 0 saturated carbocycles. The van der Waals surface area contributed by atoms with Crippen LogP contribution in [0, 0.1) is 5.92 Å². The number of nitrogens with zero attached hydrogens (tertiary/aromatic N) is 1. The minimum Gasteiger partial charge on any atom is -0.356 e. The second-order valence-corrected chi connectivity index (χ2v) is 6.06. The smallest absolute Gasteiger partial charge is 0.356 e. The Morgan fingerprint density at radius 3 is 2.50 bits per heavy atom. The summed E-state index contributed by atoms with van der Waals surface area (Å²) in [7, 11) is 1.49. The van der Waals surface area contributed by atoms with E-state index in [9.17, 15) is 18.0 Å². The van der Waals surface area contributed by atoms with Crippen molar-refractivity contribution in [3.05, 3.63) is 29.8 Å². The quantitative estimate of drug-likeness (QED) is 0.311. The van der Waals surface area contributed by atoms with Crippen LogP contribution in [0.4, 0.5) is 18.9 Å². The third-order valence-electron chi connectivity index (χ3n) is 3.19. The Morgan fingerprint density at radius 1 is 1.23 bits per heavy atom. The summed E-state index contributed by atoms with van der Waals surface area (Å²) in [5, 5.41) is 8.39. The Hall–Kier alpha value is -1.52. The largest absolute Gasteiger partial charge is 0.390 e. The van der Waals surface area contributed by atoms with Crippen LogP contribution >= 0.6 is 24.0 Å². The van der Waals surface area contributed by atoms with E-state index in [4.69, 9.17) is 0 Å². The fourth-order valence-electron chi connectivity index (χ4n) is 2.07. The van der Waals surface area contributed by atoms with Crippen molar-refractivity contribution in [1.29, 1.82) is 0 Å². The van der Waals surface area contributed by atoms with E-state index in [1.54, 1.807) is 6.07 Å². The average Bonchev–Trinajstić information content (AvgIpc) is 2.49. The topological polar surface area (TPSA) is 65.5 Å². The monoisotopic (exact) mass is 486 g/mol. The molecule has 1 aromatic carbocycles. The molecule has 0 atom stereocenters. The molecule has 1 rings (SSSR count). The molecule has 0 heterocycles. The van der Waals surface area contributed by atoms with Crippen LogP contribution in [0.1, 0.15) is 32.3 Å². The summed E-state index contributed by atoms with van der Waals surface area (Å²) in [6.45, 7) is 4.07. The fraction of sp³-hybridized carbons (Fsp3) is 0.529. The van der Waals surface area contributed by atoms with Gasteiger partial charge in [-0.2, -0.15) is 13.2 Å². The minimum atomic E-state index is -4.20. The molecular weight excluding hydrogens is 460 g/mol. The van der Waals surface area contributed by atoms with E-state index in [1.165, 1.54) is 7.05 Å². The summed E-state index contributed by atoms with van der Waals surface area (Å²) < 4.78 is 36.5. The number of halogens is 4. The lowest BCUT2D eigenvalue weighted by Crippen LogP contribution is -2.38. The number of carbonyl (C=O) groups is 1. The van der Waals surface area contributed by atoms with E-state index in [2.05, 4.69) is 20.9 Å². The van der Waals surface area contributed by atoms with Crippen LogP contribution in [0.2, 0.25) is 0 Å². The zero-order valence-corrected chi connectivity index (χ0v) is 17.4. The first-order valence-electron chi connectivity index (χ1n) is 8.09. The van der Waals surface area contributed by atoms with Gasteiger partial charge in [0.1, 0.15) is 0 Å². The normalized spacial score (nSPS) is 11.7. The lowest BCUT2D eigenvalue weighted by molar-refractivity contribution is -0.132. The van der Waals surface area contributed by atoms with E-state index < -0.39 is 12.6 Å². The molecule has 3 N–H and O–H groups in total. The standard InChI is InChI=1S/C17H25F3N4O.HI/c1-12(2)9-15(25)24-14-6-4-5-13(10-14)11-23-16(21-3)22-8-7-17(18,19)20;/h4-6,10,12H,7-9,11H2,1-3H3,(H,24,25)(H2,21,22,23);1H. The molecule has 1 aromatic rings. The average molecular weight is 486 g/mol. The van der Waals surface area contributed by atoms with Gasteiger partial charge in [-0.05, 0) is 23.6 Å². The summed E-state index contributed by atoms with van der Waals surface area (Å²) in [4.78, 5) is 15.7. The molecule has 0 radical (unpaired) electrons. The van der Waals surface area contributed by atoms with Gasteiger partial charge in [-0.25, -0.2) is 0 Å². The van der Waals surface area contributed by atoms with Crippen molar-refractivity contribution in [2.45, 2.75) is 39.4 Å². The van der Waals surface area contributed by atoms with Gasteiger partial charge in [0.2, 0.25) is 5.91 Å². The predicted octanol–water partition coefficient (Wildman–Crippen LogP) is 3.91. The predicted molar refractivity (Wildman–Crippen MR) is 109 cm³/mol. The fourth-order valence-corrected chi connectivity index (χ4v) is 2.07. The maximum Gasteiger partial charge on any atom is 0.390 e. The minimum absolute atomic E-state index is 0. The Balaban J connectivity index is 0.00000625. The second kappa shape index (κ2) is 12.0. The number of anilines is 1. The van der Waals surface area contributed by atoms with E-state index in [1.807, 2.05) is 32.0 Å². The van der Waals surface area contributed by atoms with Gasteiger partial charge >= 0.3 is 6.18 Å². The Bertz CT molecular complexity index is 592. The number of nitrogens with one attached hydrogen (secondary N) is 3. The maximum atomic E-state index is 12.2. The molecule has 148 valence electrons. The number of amides is 1. The molecule has 0 fully saturated rings. The number of aliphatic imine (C=N–C) groups is 1. The molecule has 0 aliphatic rings. The molecule has 5 nitrogen and oxygen atoms in total. The Labute approximate surface area is 169 Å². The highest BCUT2D eigenvalue weighted by atomic mass is 127. The summed E-state index contributed by atoms with van der Waals surface area (Å²) in [6.07, 6.45) is -4.68. The number of benzene rings is 1. The third-order valence-corrected chi connectivity index (χ3v) is 3.19. The first kappa shape index (κ1) is 24.5. The number of guanidine groups is 1. The van der Waals surface area contributed by atoms with Crippen LogP contribution in [0.5, 0.6) is 0 Å². The molecule has 0 aliphatic carbocycles. The summed E-state index contributed by atoms with van der Waals surface area (Å²) in [5.74, 6) is 0.513. The lowest BCUT2D eigenvalue weighted by Gasteiger charge is -2.13. The molecule has 9 heteroatoms.